The Morgan fingerprint density at radius 2 is 1.46 bits per heavy atom. The zero-order chi connectivity index (χ0) is 10.2. The van der Waals surface area contributed by atoms with Gasteiger partial charge < -0.3 is 0 Å². The van der Waals surface area contributed by atoms with E-state index >= 15 is 0 Å². The van der Waals surface area contributed by atoms with E-state index in [1.54, 1.807) is 0 Å². The van der Waals surface area contributed by atoms with Crippen LogP contribution in [0.25, 0.3) is 0 Å². The van der Waals surface area contributed by atoms with Crippen LogP contribution in [0.15, 0.2) is 0 Å². The molecule has 1 aliphatic heterocycles. The Hall–Kier alpha value is -0.0800. The van der Waals surface area contributed by atoms with Gasteiger partial charge >= 0.3 is 0 Å². The normalized spacial score (nSPS) is 27.0. The standard InChI is InChI=1S/C11H24N2/c1-9(2)10-12(5)7-11(3,4)8-13(10)6/h9-10H,7-8H2,1-6H3. The summed E-state index contributed by atoms with van der Waals surface area (Å²) in [5, 5.41) is 0. The molecule has 78 valence electrons. The summed E-state index contributed by atoms with van der Waals surface area (Å²) in [5.74, 6) is 0.714. The van der Waals surface area contributed by atoms with Crippen LogP contribution in [0.3, 0.4) is 0 Å². The molecule has 13 heavy (non-hydrogen) atoms. The second-order valence-electron chi connectivity index (χ2n) is 5.65. The molecular formula is C11H24N2. The number of hydrogen-bond donors (Lipinski definition) is 0. The van der Waals surface area contributed by atoms with Crippen LogP contribution in [-0.4, -0.2) is 43.2 Å². The first-order chi connectivity index (χ1) is 5.83. The highest BCUT2D eigenvalue weighted by molar-refractivity contribution is 4.86. The average Bonchev–Trinajstić information content (AvgIpc) is 1.78. The monoisotopic (exact) mass is 184 g/mol. The van der Waals surface area contributed by atoms with Crippen molar-refractivity contribution in [3.63, 3.8) is 0 Å². The Kier molecular flexibility index (Phi) is 3.03. The lowest BCUT2D eigenvalue weighted by Crippen LogP contribution is -2.59. The summed E-state index contributed by atoms with van der Waals surface area (Å²) in [6, 6.07) is 0. The zero-order valence-electron chi connectivity index (χ0n) is 9.96. The molecule has 0 unspecified atom stereocenters. The van der Waals surface area contributed by atoms with Crippen molar-refractivity contribution in [2.45, 2.75) is 33.9 Å². The minimum absolute atomic E-state index is 0.439. The highest BCUT2D eigenvalue weighted by atomic mass is 15.4. The topological polar surface area (TPSA) is 6.48 Å². The van der Waals surface area contributed by atoms with Gasteiger partial charge in [0.15, 0.2) is 0 Å². The van der Waals surface area contributed by atoms with Gasteiger partial charge in [-0.15, -0.1) is 0 Å². The van der Waals surface area contributed by atoms with Gasteiger partial charge in [-0.3, -0.25) is 9.80 Å². The first-order valence-electron chi connectivity index (χ1n) is 5.24. The van der Waals surface area contributed by atoms with Crippen LogP contribution in [0.2, 0.25) is 0 Å². The predicted octanol–water partition coefficient (Wildman–Crippen LogP) is 1.87. The summed E-state index contributed by atoms with van der Waals surface area (Å²) < 4.78 is 0. The van der Waals surface area contributed by atoms with E-state index in [-0.39, 0.29) is 0 Å². The van der Waals surface area contributed by atoms with Gasteiger partial charge in [0, 0.05) is 13.1 Å². The summed E-state index contributed by atoms with van der Waals surface area (Å²) >= 11 is 0. The van der Waals surface area contributed by atoms with Crippen LogP contribution < -0.4 is 0 Å². The maximum atomic E-state index is 2.48. The molecule has 0 amide bonds. The quantitative estimate of drug-likeness (QED) is 0.614. The smallest absolute Gasteiger partial charge is 0.0641 e. The van der Waals surface area contributed by atoms with Gasteiger partial charge in [0.25, 0.3) is 0 Å². The second kappa shape index (κ2) is 3.58. The fourth-order valence-electron chi connectivity index (χ4n) is 2.94. The van der Waals surface area contributed by atoms with Gasteiger partial charge in [0.05, 0.1) is 6.17 Å². The Morgan fingerprint density at radius 3 is 1.77 bits per heavy atom. The molecule has 1 aliphatic rings. The Bertz CT molecular complexity index is 161. The first-order valence-corrected chi connectivity index (χ1v) is 5.24. The molecule has 1 rings (SSSR count). The fourth-order valence-corrected chi connectivity index (χ4v) is 2.94. The number of hydrogen-bond acceptors (Lipinski definition) is 2. The number of rotatable bonds is 1. The van der Waals surface area contributed by atoms with E-state index in [4.69, 9.17) is 0 Å². The molecule has 1 saturated heterocycles. The molecule has 0 aliphatic carbocycles. The van der Waals surface area contributed by atoms with Gasteiger partial charge in [-0.05, 0) is 25.4 Å². The summed E-state index contributed by atoms with van der Waals surface area (Å²) in [6.45, 7) is 11.7. The SMILES string of the molecule is CC(C)C1N(C)CC(C)(C)CN1C. The zero-order valence-corrected chi connectivity index (χ0v) is 9.96. The van der Waals surface area contributed by atoms with Gasteiger partial charge in [-0.25, -0.2) is 0 Å². The Balaban J connectivity index is 2.70. The van der Waals surface area contributed by atoms with E-state index < -0.39 is 0 Å². The molecule has 0 bridgehead atoms. The molecule has 0 aromatic rings. The summed E-state index contributed by atoms with van der Waals surface area (Å²) in [7, 11) is 4.48. The van der Waals surface area contributed by atoms with E-state index in [0.717, 1.165) is 0 Å². The third-order valence-corrected chi connectivity index (χ3v) is 2.85. The van der Waals surface area contributed by atoms with E-state index in [2.05, 4.69) is 51.6 Å². The molecule has 1 heterocycles. The minimum atomic E-state index is 0.439. The molecule has 0 aromatic carbocycles. The molecule has 0 aromatic heterocycles. The van der Waals surface area contributed by atoms with Crippen LogP contribution in [-0.2, 0) is 0 Å². The lowest BCUT2D eigenvalue weighted by molar-refractivity contribution is -0.0465. The maximum Gasteiger partial charge on any atom is 0.0641 e. The van der Waals surface area contributed by atoms with E-state index in [1.165, 1.54) is 13.1 Å². The summed E-state index contributed by atoms with van der Waals surface area (Å²) in [6.07, 6.45) is 0.619. The molecule has 0 radical (unpaired) electrons. The predicted molar refractivity (Wildman–Crippen MR) is 57.7 cm³/mol. The highest BCUT2D eigenvalue weighted by Crippen LogP contribution is 2.28. The van der Waals surface area contributed by atoms with E-state index in [1.807, 2.05) is 0 Å². The Labute approximate surface area is 82.9 Å². The van der Waals surface area contributed by atoms with Gasteiger partial charge in [0.2, 0.25) is 0 Å². The molecule has 2 nitrogen and oxygen atoms in total. The molecule has 0 saturated carbocycles. The Morgan fingerprint density at radius 1 is 1.08 bits per heavy atom. The van der Waals surface area contributed by atoms with Crippen molar-refractivity contribution in [2.24, 2.45) is 11.3 Å². The van der Waals surface area contributed by atoms with Crippen LogP contribution in [0.4, 0.5) is 0 Å². The van der Waals surface area contributed by atoms with Gasteiger partial charge in [-0.1, -0.05) is 27.7 Å². The molecule has 0 atom stereocenters. The molecule has 0 N–H and O–H groups in total. The first kappa shape index (κ1) is 11.0. The fraction of sp³-hybridized carbons (Fsp3) is 1.00. The lowest BCUT2D eigenvalue weighted by atomic mass is 9.88. The third-order valence-electron chi connectivity index (χ3n) is 2.85. The van der Waals surface area contributed by atoms with Crippen LogP contribution in [0, 0.1) is 11.3 Å². The van der Waals surface area contributed by atoms with Gasteiger partial charge in [-0.2, -0.15) is 0 Å². The largest absolute Gasteiger partial charge is 0.290 e. The summed E-state index contributed by atoms with van der Waals surface area (Å²) in [5.41, 5.74) is 0.439. The van der Waals surface area contributed by atoms with Crippen molar-refractivity contribution < 1.29 is 0 Å². The van der Waals surface area contributed by atoms with E-state index in [9.17, 15) is 0 Å². The van der Waals surface area contributed by atoms with Crippen molar-refractivity contribution >= 4 is 0 Å². The van der Waals surface area contributed by atoms with Crippen molar-refractivity contribution in [1.82, 2.24) is 9.80 Å². The van der Waals surface area contributed by atoms with Crippen molar-refractivity contribution in [3.8, 4) is 0 Å². The summed E-state index contributed by atoms with van der Waals surface area (Å²) in [4.78, 5) is 4.96. The molecule has 1 fully saturated rings. The van der Waals surface area contributed by atoms with Gasteiger partial charge in [0.1, 0.15) is 0 Å². The molecule has 2 heteroatoms. The lowest BCUT2D eigenvalue weighted by Gasteiger charge is -2.49. The minimum Gasteiger partial charge on any atom is -0.290 e. The average molecular weight is 184 g/mol. The van der Waals surface area contributed by atoms with Crippen LogP contribution in [0.1, 0.15) is 27.7 Å². The third kappa shape index (κ3) is 2.44. The van der Waals surface area contributed by atoms with Crippen molar-refractivity contribution in [3.05, 3.63) is 0 Å². The molecular weight excluding hydrogens is 160 g/mol. The van der Waals surface area contributed by atoms with Crippen LogP contribution in [0.5, 0.6) is 0 Å². The van der Waals surface area contributed by atoms with Crippen molar-refractivity contribution in [2.75, 3.05) is 27.2 Å². The number of nitrogens with zero attached hydrogens (tertiary/aromatic N) is 2. The van der Waals surface area contributed by atoms with Crippen LogP contribution >= 0.6 is 0 Å². The van der Waals surface area contributed by atoms with E-state index in [0.29, 0.717) is 17.5 Å². The maximum absolute atomic E-state index is 2.48. The molecule has 0 spiro atoms. The highest BCUT2D eigenvalue weighted by Gasteiger charge is 2.35. The second-order valence-corrected chi connectivity index (χ2v) is 5.65. The van der Waals surface area contributed by atoms with Crippen molar-refractivity contribution in [1.29, 1.82) is 0 Å².